The molecule has 2 unspecified atom stereocenters. The molecule has 0 amide bonds. The molecule has 6 heteroatoms. The van der Waals surface area contributed by atoms with E-state index in [2.05, 4.69) is 5.32 Å². The van der Waals surface area contributed by atoms with Crippen molar-refractivity contribution in [1.82, 2.24) is 5.32 Å². The quantitative estimate of drug-likeness (QED) is 0.650. The van der Waals surface area contributed by atoms with E-state index in [1.54, 1.807) is 12.1 Å². The van der Waals surface area contributed by atoms with Crippen molar-refractivity contribution in [3.05, 3.63) is 33.9 Å². The monoisotopic (exact) mass is 266 g/mol. The van der Waals surface area contributed by atoms with Crippen LogP contribution < -0.4 is 10.1 Å². The Balaban J connectivity index is 2.06. The average Bonchev–Trinajstić information content (AvgIpc) is 2.81. The van der Waals surface area contributed by atoms with Gasteiger partial charge in [-0.1, -0.05) is 0 Å². The number of non-ortho nitro benzene ring substituents is 1. The zero-order chi connectivity index (χ0) is 13.8. The lowest BCUT2D eigenvalue weighted by atomic mass is 10.1. The maximum absolute atomic E-state index is 10.8. The summed E-state index contributed by atoms with van der Waals surface area (Å²) in [6.07, 6.45) is 1.15. The molecule has 1 aromatic carbocycles. The number of benzene rings is 1. The Morgan fingerprint density at radius 3 is 2.89 bits per heavy atom. The standard InChI is InChI=1S/C13H18N2O4/c1-9-13(3-4-19-9)14-8-10-5-11(15(16)17)7-12(6-10)18-2/h5-7,9,13-14H,3-4,8H2,1-2H3. The summed E-state index contributed by atoms with van der Waals surface area (Å²) >= 11 is 0. The summed E-state index contributed by atoms with van der Waals surface area (Å²) in [7, 11) is 1.50. The Morgan fingerprint density at radius 1 is 1.53 bits per heavy atom. The number of nitro benzene ring substituents is 1. The maximum Gasteiger partial charge on any atom is 0.273 e. The molecule has 2 rings (SSSR count). The van der Waals surface area contributed by atoms with E-state index in [1.165, 1.54) is 13.2 Å². The van der Waals surface area contributed by atoms with Crippen LogP contribution in [0.25, 0.3) is 0 Å². The Bertz CT molecular complexity index is 464. The van der Waals surface area contributed by atoms with Gasteiger partial charge in [0.15, 0.2) is 0 Å². The molecular formula is C13H18N2O4. The van der Waals surface area contributed by atoms with Gasteiger partial charge in [0.2, 0.25) is 0 Å². The molecule has 1 aromatic rings. The van der Waals surface area contributed by atoms with Crippen molar-refractivity contribution < 1.29 is 14.4 Å². The van der Waals surface area contributed by atoms with E-state index in [0.717, 1.165) is 18.6 Å². The smallest absolute Gasteiger partial charge is 0.273 e. The Kier molecular flexibility index (Phi) is 4.34. The van der Waals surface area contributed by atoms with Crippen molar-refractivity contribution in [3.63, 3.8) is 0 Å². The normalized spacial score (nSPS) is 22.4. The third-order valence-corrected chi connectivity index (χ3v) is 3.34. The SMILES string of the molecule is COc1cc(CNC2CCOC2C)cc([N+](=O)[O-])c1. The summed E-state index contributed by atoms with van der Waals surface area (Å²) in [6, 6.07) is 5.09. The predicted octanol–water partition coefficient (Wildman–Crippen LogP) is 1.87. The third kappa shape index (κ3) is 3.42. The van der Waals surface area contributed by atoms with Gasteiger partial charge in [-0.05, 0) is 25.0 Å². The molecule has 1 saturated heterocycles. The summed E-state index contributed by atoms with van der Waals surface area (Å²) in [6.45, 7) is 3.35. The molecule has 1 N–H and O–H groups in total. The summed E-state index contributed by atoms with van der Waals surface area (Å²) in [5.41, 5.74) is 0.886. The van der Waals surface area contributed by atoms with Gasteiger partial charge in [-0.2, -0.15) is 0 Å². The van der Waals surface area contributed by atoms with E-state index in [-0.39, 0.29) is 11.8 Å². The fourth-order valence-electron chi connectivity index (χ4n) is 2.22. The molecule has 0 aromatic heterocycles. The molecule has 0 saturated carbocycles. The second kappa shape index (κ2) is 5.99. The highest BCUT2D eigenvalue weighted by Crippen LogP contribution is 2.23. The summed E-state index contributed by atoms with van der Waals surface area (Å²) in [5.74, 6) is 0.502. The first-order valence-corrected chi connectivity index (χ1v) is 6.27. The molecule has 0 bridgehead atoms. The van der Waals surface area contributed by atoms with Gasteiger partial charge >= 0.3 is 0 Å². The average molecular weight is 266 g/mol. The topological polar surface area (TPSA) is 73.6 Å². The van der Waals surface area contributed by atoms with Gasteiger partial charge in [0.05, 0.1) is 24.2 Å². The minimum absolute atomic E-state index is 0.0480. The molecule has 0 aliphatic carbocycles. The molecule has 1 fully saturated rings. The van der Waals surface area contributed by atoms with Gasteiger partial charge in [-0.15, -0.1) is 0 Å². The van der Waals surface area contributed by atoms with Crippen molar-refractivity contribution in [2.24, 2.45) is 0 Å². The van der Waals surface area contributed by atoms with Crippen molar-refractivity contribution in [3.8, 4) is 5.75 Å². The lowest BCUT2D eigenvalue weighted by Crippen LogP contribution is -2.34. The summed E-state index contributed by atoms with van der Waals surface area (Å²) in [4.78, 5) is 10.4. The van der Waals surface area contributed by atoms with Crippen LogP contribution in [-0.2, 0) is 11.3 Å². The second-order valence-electron chi connectivity index (χ2n) is 4.65. The van der Waals surface area contributed by atoms with E-state index in [9.17, 15) is 10.1 Å². The number of nitro groups is 1. The Morgan fingerprint density at radius 2 is 2.32 bits per heavy atom. The molecule has 19 heavy (non-hydrogen) atoms. The predicted molar refractivity (Wildman–Crippen MR) is 70.3 cm³/mol. The van der Waals surface area contributed by atoms with E-state index in [0.29, 0.717) is 18.3 Å². The number of nitrogens with zero attached hydrogens (tertiary/aromatic N) is 1. The summed E-state index contributed by atoms with van der Waals surface area (Å²) in [5, 5.41) is 14.2. The van der Waals surface area contributed by atoms with Crippen LogP contribution in [0.1, 0.15) is 18.9 Å². The first-order valence-electron chi connectivity index (χ1n) is 6.27. The van der Waals surface area contributed by atoms with E-state index >= 15 is 0 Å². The first kappa shape index (κ1) is 13.8. The van der Waals surface area contributed by atoms with Gasteiger partial charge in [-0.3, -0.25) is 10.1 Å². The highest BCUT2D eigenvalue weighted by atomic mass is 16.6. The van der Waals surface area contributed by atoms with Crippen LogP contribution in [0.2, 0.25) is 0 Å². The number of hydrogen-bond acceptors (Lipinski definition) is 5. The first-order chi connectivity index (χ1) is 9.10. The Hall–Kier alpha value is -1.66. The molecule has 1 heterocycles. The number of ether oxygens (including phenoxy) is 2. The van der Waals surface area contributed by atoms with Gasteiger partial charge in [-0.25, -0.2) is 0 Å². The molecule has 2 atom stereocenters. The second-order valence-corrected chi connectivity index (χ2v) is 4.65. The third-order valence-electron chi connectivity index (χ3n) is 3.34. The van der Waals surface area contributed by atoms with Crippen molar-refractivity contribution >= 4 is 5.69 Å². The molecule has 1 aliphatic heterocycles. The van der Waals surface area contributed by atoms with Gasteiger partial charge in [0, 0.05) is 25.3 Å². The lowest BCUT2D eigenvalue weighted by molar-refractivity contribution is -0.385. The zero-order valence-electron chi connectivity index (χ0n) is 11.1. The van der Waals surface area contributed by atoms with Crippen molar-refractivity contribution in [1.29, 1.82) is 0 Å². The largest absolute Gasteiger partial charge is 0.496 e. The lowest BCUT2D eigenvalue weighted by Gasteiger charge is -2.16. The number of rotatable bonds is 5. The molecule has 1 aliphatic rings. The molecule has 0 spiro atoms. The fourth-order valence-corrected chi connectivity index (χ4v) is 2.22. The van der Waals surface area contributed by atoms with Gasteiger partial charge in [0.1, 0.15) is 5.75 Å². The molecule has 0 radical (unpaired) electrons. The molecular weight excluding hydrogens is 248 g/mol. The number of nitrogens with one attached hydrogen (secondary N) is 1. The molecule has 104 valence electrons. The van der Waals surface area contributed by atoms with Gasteiger partial charge in [0.25, 0.3) is 5.69 Å². The zero-order valence-corrected chi connectivity index (χ0v) is 11.1. The number of methoxy groups -OCH3 is 1. The van der Waals surface area contributed by atoms with E-state index in [1.807, 2.05) is 6.92 Å². The summed E-state index contributed by atoms with van der Waals surface area (Å²) < 4.78 is 10.5. The van der Waals surface area contributed by atoms with Crippen LogP contribution in [-0.4, -0.2) is 30.8 Å². The molecule has 6 nitrogen and oxygen atoms in total. The number of hydrogen-bond donors (Lipinski definition) is 1. The van der Waals surface area contributed by atoms with Crippen LogP contribution in [0.4, 0.5) is 5.69 Å². The Labute approximate surface area is 111 Å². The highest BCUT2D eigenvalue weighted by molar-refractivity contribution is 5.42. The fraction of sp³-hybridized carbons (Fsp3) is 0.538. The maximum atomic E-state index is 10.8. The van der Waals surface area contributed by atoms with Crippen LogP contribution in [0.5, 0.6) is 5.75 Å². The van der Waals surface area contributed by atoms with Gasteiger partial charge < -0.3 is 14.8 Å². The minimum atomic E-state index is -0.409. The van der Waals surface area contributed by atoms with Crippen molar-refractivity contribution in [2.75, 3.05) is 13.7 Å². The van der Waals surface area contributed by atoms with Crippen LogP contribution in [0.3, 0.4) is 0 Å². The van der Waals surface area contributed by atoms with Crippen molar-refractivity contribution in [2.45, 2.75) is 32.0 Å². The van der Waals surface area contributed by atoms with E-state index < -0.39 is 4.92 Å². The highest BCUT2D eigenvalue weighted by Gasteiger charge is 2.23. The van der Waals surface area contributed by atoms with Crippen LogP contribution in [0.15, 0.2) is 18.2 Å². The van der Waals surface area contributed by atoms with E-state index in [4.69, 9.17) is 9.47 Å². The van der Waals surface area contributed by atoms with Crippen LogP contribution in [0, 0.1) is 10.1 Å². The van der Waals surface area contributed by atoms with Crippen LogP contribution >= 0.6 is 0 Å². The minimum Gasteiger partial charge on any atom is -0.496 e.